The summed E-state index contributed by atoms with van der Waals surface area (Å²) in [6.07, 6.45) is 2.07. The van der Waals surface area contributed by atoms with Crippen molar-refractivity contribution in [1.82, 2.24) is 15.3 Å². The molecule has 0 aromatic heterocycles. The molecule has 124 valence electrons. The van der Waals surface area contributed by atoms with Gasteiger partial charge in [0.25, 0.3) is 0 Å². The van der Waals surface area contributed by atoms with Gasteiger partial charge >= 0.3 is 0 Å². The topological polar surface area (TPSA) is 30.9 Å². The van der Waals surface area contributed by atoms with Gasteiger partial charge in [0.05, 0.1) is 16.4 Å². The van der Waals surface area contributed by atoms with Crippen molar-refractivity contribution in [2.45, 2.75) is 26.7 Å². The van der Waals surface area contributed by atoms with E-state index in [1.807, 2.05) is 18.2 Å². The van der Waals surface area contributed by atoms with E-state index in [0.717, 1.165) is 66.8 Å². The Balaban J connectivity index is 1.97. The smallest absolute Gasteiger partial charge is 0.124 e. The van der Waals surface area contributed by atoms with Gasteiger partial charge in [-0.3, -0.25) is 5.01 Å². The van der Waals surface area contributed by atoms with E-state index in [1.165, 1.54) is 0 Å². The molecule has 0 spiro atoms. The Labute approximate surface area is 143 Å². The Bertz CT molecular complexity index is 617. The van der Waals surface area contributed by atoms with Crippen LogP contribution in [0.3, 0.4) is 0 Å². The molecular weight excluding hydrogens is 308 g/mol. The van der Waals surface area contributed by atoms with Gasteiger partial charge in [0.2, 0.25) is 0 Å². The van der Waals surface area contributed by atoms with Crippen LogP contribution in [-0.2, 0) is 0 Å². The van der Waals surface area contributed by atoms with Crippen molar-refractivity contribution in [2.75, 3.05) is 26.2 Å². The van der Waals surface area contributed by atoms with Crippen LogP contribution in [0.1, 0.15) is 32.3 Å². The molecular formula is C18H25ClN4. The van der Waals surface area contributed by atoms with Crippen molar-refractivity contribution in [3.05, 3.63) is 35.4 Å². The van der Waals surface area contributed by atoms with Crippen LogP contribution >= 0.6 is 11.6 Å². The van der Waals surface area contributed by atoms with Crippen molar-refractivity contribution in [3.63, 3.8) is 0 Å². The van der Waals surface area contributed by atoms with Crippen molar-refractivity contribution in [2.24, 2.45) is 10.9 Å². The number of hydrogen-bond acceptors (Lipinski definition) is 4. The SMILES string of the molecule is C=C1c2c(Cl)cccc2N=C(CCC(C)C)N1N1CCNCC1. The standard InChI is InChI=1S/C18H25ClN4/c1-13(2)7-8-17-21-16-6-4-5-15(19)18(16)14(3)23(17)22-11-9-20-10-12-22/h4-6,13,20H,3,7-12H2,1-2H3. The lowest BCUT2D eigenvalue weighted by atomic mass is 10.0. The molecule has 5 heteroatoms. The number of aliphatic imine (C=N–C) groups is 1. The molecule has 1 aromatic carbocycles. The highest BCUT2D eigenvalue weighted by Gasteiger charge is 2.30. The van der Waals surface area contributed by atoms with Crippen molar-refractivity contribution < 1.29 is 0 Å². The van der Waals surface area contributed by atoms with Crippen molar-refractivity contribution >= 4 is 28.8 Å². The van der Waals surface area contributed by atoms with E-state index in [4.69, 9.17) is 16.6 Å². The fourth-order valence-corrected chi connectivity index (χ4v) is 3.38. The maximum absolute atomic E-state index is 6.43. The van der Waals surface area contributed by atoms with Gasteiger partial charge in [0.1, 0.15) is 5.84 Å². The number of piperazine rings is 1. The van der Waals surface area contributed by atoms with Gasteiger partial charge in [0, 0.05) is 38.2 Å². The second kappa shape index (κ2) is 7.04. The molecule has 1 aromatic rings. The minimum atomic E-state index is 0.650. The molecule has 0 aliphatic carbocycles. The lowest BCUT2D eigenvalue weighted by Crippen LogP contribution is -2.54. The highest BCUT2D eigenvalue weighted by molar-refractivity contribution is 6.33. The third-order valence-corrected chi connectivity index (χ3v) is 4.67. The molecule has 0 atom stereocenters. The molecule has 2 aliphatic rings. The fraction of sp³-hybridized carbons (Fsp3) is 0.500. The number of hydrogen-bond donors (Lipinski definition) is 1. The van der Waals surface area contributed by atoms with Gasteiger partial charge in [-0.15, -0.1) is 0 Å². The average Bonchev–Trinajstić information content (AvgIpc) is 2.53. The molecule has 2 heterocycles. The minimum Gasteiger partial charge on any atom is -0.314 e. The maximum atomic E-state index is 6.43. The van der Waals surface area contributed by atoms with Crippen LogP contribution in [0.25, 0.3) is 5.70 Å². The number of fused-ring (bicyclic) bond motifs is 1. The number of halogens is 1. The van der Waals surface area contributed by atoms with Gasteiger partial charge in [0.15, 0.2) is 0 Å². The van der Waals surface area contributed by atoms with Crippen LogP contribution in [0.5, 0.6) is 0 Å². The molecule has 3 rings (SSSR count). The zero-order valence-corrected chi connectivity index (χ0v) is 14.7. The molecule has 4 nitrogen and oxygen atoms in total. The average molecular weight is 333 g/mol. The molecule has 2 aliphatic heterocycles. The minimum absolute atomic E-state index is 0.650. The Morgan fingerprint density at radius 2 is 2.04 bits per heavy atom. The Morgan fingerprint density at radius 1 is 1.30 bits per heavy atom. The van der Waals surface area contributed by atoms with Crippen LogP contribution in [-0.4, -0.2) is 42.0 Å². The summed E-state index contributed by atoms with van der Waals surface area (Å²) in [5, 5.41) is 8.67. The summed E-state index contributed by atoms with van der Waals surface area (Å²) in [5.41, 5.74) is 2.84. The molecule has 0 amide bonds. The van der Waals surface area contributed by atoms with Crippen LogP contribution in [0, 0.1) is 5.92 Å². The Kier molecular flexibility index (Phi) is 5.05. The molecule has 0 bridgehead atoms. The quantitative estimate of drug-likeness (QED) is 0.906. The first-order chi connectivity index (χ1) is 11.1. The highest BCUT2D eigenvalue weighted by Crippen LogP contribution is 2.39. The van der Waals surface area contributed by atoms with E-state index in [1.54, 1.807) is 0 Å². The second-order valence-corrected chi connectivity index (χ2v) is 6.96. The molecule has 0 radical (unpaired) electrons. The molecule has 1 N–H and O–H groups in total. The predicted octanol–water partition coefficient (Wildman–Crippen LogP) is 3.91. The second-order valence-electron chi connectivity index (χ2n) is 6.56. The van der Waals surface area contributed by atoms with Crippen molar-refractivity contribution in [3.8, 4) is 0 Å². The molecule has 1 saturated heterocycles. The summed E-state index contributed by atoms with van der Waals surface area (Å²) in [6, 6.07) is 5.89. The highest BCUT2D eigenvalue weighted by atomic mass is 35.5. The molecule has 1 fully saturated rings. The molecule has 0 saturated carbocycles. The van der Waals surface area contributed by atoms with Crippen molar-refractivity contribution in [1.29, 1.82) is 0 Å². The maximum Gasteiger partial charge on any atom is 0.124 e. The monoisotopic (exact) mass is 332 g/mol. The number of nitrogens with zero attached hydrogens (tertiary/aromatic N) is 3. The number of benzene rings is 1. The summed E-state index contributed by atoms with van der Waals surface area (Å²) in [7, 11) is 0. The summed E-state index contributed by atoms with van der Waals surface area (Å²) in [6.45, 7) is 12.7. The Morgan fingerprint density at radius 3 is 2.74 bits per heavy atom. The van der Waals surface area contributed by atoms with Gasteiger partial charge in [-0.05, 0) is 24.5 Å². The van der Waals surface area contributed by atoms with E-state index in [-0.39, 0.29) is 0 Å². The van der Waals surface area contributed by atoms with E-state index >= 15 is 0 Å². The Hall–Kier alpha value is -1.36. The van der Waals surface area contributed by atoms with E-state index in [9.17, 15) is 0 Å². The van der Waals surface area contributed by atoms with E-state index in [0.29, 0.717) is 5.92 Å². The van der Waals surface area contributed by atoms with Gasteiger partial charge < -0.3 is 5.32 Å². The third kappa shape index (κ3) is 3.44. The fourth-order valence-electron chi connectivity index (χ4n) is 3.11. The number of rotatable bonds is 4. The number of nitrogens with one attached hydrogen (secondary N) is 1. The van der Waals surface area contributed by atoms with Crippen LogP contribution < -0.4 is 5.32 Å². The largest absolute Gasteiger partial charge is 0.314 e. The molecule has 0 unspecified atom stereocenters. The summed E-state index contributed by atoms with van der Waals surface area (Å²) in [4.78, 5) is 4.92. The van der Waals surface area contributed by atoms with Crippen LogP contribution in [0.2, 0.25) is 5.02 Å². The number of amidine groups is 1. The lowest BCUT2D eigenvalue weighted by molar-refractivity contribution is 0.0815. The summed E-state index contributed by atoms with van der Waals surface area (Å²) < 4.78 is 0. The van der Waals surface area contributed by atoms with Gasteiger partial charge in [-0.25, -0.2) is 10.0 Å². The normalized spacial score (nSPS) is 19.0. The predicted molar refractivity (Wildman–Crippen MR) is 97.9 cm³/mol. The zero-order chi connectivity index (χ0) is 16.4. The van der Waals surface area contributed by atoms with Gasteiger partial charge in [-0.2, -0.15) is 0 Å². The molecule has 23 heavy (non-hydrogen) atoms. The summed E-state index contributed by atoms with van der Waals surface area (Å²) >= 11 is 6.43. The number of hydrazine groups is 1. The van der Waals surface area contributed by atoms with E-state index < -0.39 is 0 Å². The summed E-state index contributed by atoms with van der Waals surface area (Å²) in [5.74, 6) is 1.73. The van der Waals surface area contributed by atoms with Crippen LogP contribution in [0.4, 0.5) is 5.69 Å². The van der Waals surface area contributed by atoms with E-state index in [2.05, 4.69) is 35.8 Å². The third-order valence-electron chi connectivity index (χ3n) is 4.35. The van der Waals surface area contributed by atoms with Gasteiger partial charge in [-0.1, -0.05) is 38.1 Å². The first kappa shape index (κ1) is 16.5. The zero-order valence-electron chi connectivity index (χ0n) is 14.0. The first-order valence-electron chi connectivity index (χ1n) is 8.39. The lowest BCUT2D eigenvalue weighted by Gasteiger charge is -2.42. The van der Waals surface area contributed by atoms with Crippen LogP contribution in [0.15, 0.2) is 29.8 Å². The first-order valence-corrected chi connectivity index (χ1v) is 8.77.